The minimum absolute atomic E-state index is 0.0357. The van der Waals surface area contributed by atoms with Gasteiger partial charge in [-0.25, -0.2) is 28.0 Å². The summed E-state index contributed by atoms with van der Waals surface area (Å²) in [6.07, 6.45) is 7.76. The standard InChI is InChI=1S/C45H62N8O9S2/c1-27(2)46-43-49-35(26-63-43)34-22-37(31-17-16-29(61-6)20-33(31)47-34)62-30-21-36-39(54)51-45(41(56)57)23-28(45)14-10-8-7-9-11-15-32(40(55)53(36)24-30)48-42(58)50-38(44(3,4)5)25-52-18-12-13-19-64(52,59)60/h10,14,16-17,20,22,26-28,30,32,36,38H,7-9,11-13,15,18-19,21,23-25H2,1-6H3,(H,46,49)(H,51,54)(H,56,57)(H2,48,50,58)/t28?,30-,32+,36+,38-,45-/m1/s1. The molecule has 1 aromatic carbocycles. The first-order valence-corrected chi connectivity index (χ1v) is 24.8. The number of sulfonamides is 1. The van der Waals surface area contributed by atoms with Crippen molar-refractivity contribution in [2.75, 3.05) is 37.8 Å². The van der Waals surface area contributed by atoms with Crippen molar-refractivity contribution < 1.29 is 42.2 Å². The largest absolute Gasteiger partial charge is 0.497 e. The van der Waals surface area contributed by atoms with Crippen LogP contribution < -0.4 is 30.7 Å². The highest BCUT2D eigenvalue weighted by Gasteiger charge is 2.61. The van der Waals surface area contributed by atoms with Crippen LogP contribution in [-0.2, 0) is 24.4 Å². The van der Waals surface area contributed by atoms with Gasteiger partial charge in [0.1, 0.15) is 40.9 Å². The van der Waals surface area contributed by atoms with E-state index in [-0.39, 0.29) is 44.1 Å². The molecular formula is C45H62N8O9S2. The topological polar surface area (TPSA) is 221 Å². The molecule has 4 amide bonds. The molecule has 5 heterocycles. The molecule has 4 aliphatic rings. The second kappa shape index (κ2) is 19.2. The van der Waals surface area contributed by atoms with Crippen LogP contribution in [0.5, 0.6) is 11.5 Å². The van der Waals surface area contributed by atoms with Crippen LogP contribution in [0.2, 0.25) is 0 Å². The number of ether oxygens (including phenoxy) is 2. The fraction of sp³-hybridized carbons (Fsp3) is 0.600. The lowest BCUT2D eigenvalue weighted by Gasteiger charge is -2.37. The maximum Gasteiger partial charge on any atom is 0.330 e. The number of urea groups is 1. The van der Waals surface area contributed by atoms with Crippen LogP contribution in [0.4, 0.5) is 9.93 Å². The van der Waals surface area contributed by atoms with Crippen molar-refractivity contribution in [1.82, 2.24) is 35.1 Å². The van der Waals surface area contributed by atoms with Crippen LogP contribution in [0.25, 0.3) is 22.3 Å². The highest BCUT2D eigenvalue weighted by Crippen LogP contribution is 2.45. The molecule has 3 aliphatic heterocycles. The van der Waals surface area contributed by atoms with Gasteiger partial charge in [-0.2, -0.15) is 4.31 Å². The molecular weight excluding hydrogens is 861 g/mol. The molecule has 348 valence electrons. The molecule has 0 bridgehead atoms. The number of rotatable bonds is 11. The summed E-state index contributed by atoms with van der Waals surface area (Å²) in [7, 11) is -1.91. The Bertz CT molecular complexity index is 2370. The van der Waals surface area contributed by atoms with E-state index in [1.807, 2.05) is 58.2 Å². The Morgan fingerprint density at radius 2 is 1.88 bits per heavy atom. The Kier molecular flexibility index (Phi) is 14.1. The van der Waals surface area contributed by atoms with E-state index in [1.54, 1.807) is 25.3 Å². The van der Waals surface area contributed by atoms with E-state index in [9.17, 15) is 32.7 Å². The number of hydrogen-bond donors (Lipinski definition) is 5. The molecule has 1 aliphatic carbocycles. The summed E-state index contributed by atoms with van der Waals surface area (Å²) < 4.78 is 39.6. The molecule has 19 heteroatoms. The van der Waals surface area contributed by atoms with Gasteiger partial charge in [0.15, 0.2) is 5.13 Å². The Balaban J connectivity index is 1.19. The van der Waals surface area contributed by atoms with Crippen LogP contribution in [0.15, 0.2) is 41.8 Å². The van der Waals surface area contributed by atoms with Gasteiger partial charge in [0.2, 0.25) is 21.8 Å². The molecule has 6 atom stereocenters. The molecule has 0 radical (unpaired) electrons. The molecule has 2 aromatic heterocycles. The molecule has 1 saturated carbocycles. The quantitative estimate of drug-likeness (QED) is 0.150. The molecule has 64 heavy (non-hydrogen) atoms. The summed E-state index contributed by atoms with van der Waals surface area (Å²) in [5.74, 6) is -1.58. The summed E-state index contributed by atoms with van der Waals surface area (Å²) in [5, 5.41) is 25.7. The first-order valence-electron chi connectivity index (χ1n) is 22.3. The number of allylic oxidation sites excluding steroid dienone is 1. The number of carbonyl (C=O) groups excluding carboxylic acids is 3. The van der Waals surface area contributed by atoms with E-state index < -0.39 is 74.9 Å². The predicted molar refractivity (Wildman–Crippen MR) is 245 cm³/mol. The minimum Gasteiger partial charge on any atom is -0.497 e. The minimum atomic E-state index is -3.48. The summed E-state index contributed by atoms with van der Waals surface area (Å²) in [6.45, 7) is 10.2. The van der Waals surface area contributed by atoms with E-state index in [2.05, 4.69) is 21.3 Å². The van der Waals surface area contributed by atoms with Crippen LogP contribution in [-0.4, -0.2) is 125 Å². The van der Waals surface area contributed by atoms with Crippen LogP contribution in [0, 0.1) is 11.3 Å². The second-order valence-electron chi connectivity index (χ2n) is 18.8. The number of fused-ring (bicyclic) bond motifs is 3. The van der Waals surface area contributed by atoms with Crippen molar-refractivity contribution in [3.8, 4) is 22.9 Å². The van der Waals surface area contributed by atoms with Gasteiger partial charge in [-0.1, -0.05) is 45.8 Å². The molecule has 2 saturated heterocycles. The number of carboxylic acid groups (broad SMARTS) is 1. The maximum atomic E-state index is 14.9. The summed E-state index contributed by atoms with van der Waals surface area (Å²) in [6, 6.07) is 3.98. The van der Waals surface area contributed by atoms with Crippen molar-refractivity contribution in [3.05, 3.63) is 41.8 Å². The van der Waals surface area contributed by atoms with Crippen molar-refractivity contribution in [2.45, 2.75) is 128 Å². The monoisotopic (exact) mass is 922 g/mol. The van der Waals surface area contributed by atoms with Crippen molar-refractivity contribution in [2.24, 2.45) is 11.3 Å². The Morgan fingerprint density at radius 3 is 2.59 bits per heavy atom. The zero-order valence-corrected chi connectivity index (χ0v) is 39.1. The number of nitrogens with one attached hydrogen (secondary N) is 4. The lowest BCUT2D eigenvalue weighted by molar-refractivity contribution is -0.145. The Morgan fingerprint density at radius 1 is 1.08 bits per heavy atom. The van der Waals surface area contributed by atoms with Gasteiger partial charge < -0.3 is 40.7 Å². The SMILES string of the molecule is COc1ccc2c(O[C@@H]3C[C@H]4C(=O)N[C@]5(C(=O)O)CC5C=CCCCCC[C@H](NC(=O)N[C@H](CN5CCCCS5(=O)=O)C(C)(C)C)C(=O)N4C3)cc(-c3csc(NC(C)C)n3)nc2c1. The molecule has 3 fully saturated rings. The maximum absolute atomic E-state index is 14.9. The third kappa shape index (κ3) is 10.7. The number of methoxy groups -OCH3 is 1. The van der Waals surface area contributed by atoms with E-state index in [1.165, 1.54) is 20.5 Å². The van der Waals surface area contributed by atoms with E-state index >= 15 is 0 Å². The summed E-state index contributed by atoms with van der Waals surface area (Å²) in [5.41, 5.74) is -0.292. The number of carboxylic acids is 1. The molecule has 5 N–H and O–H groups in total. The van der Waals surface area contributed by atoms with Crippen LogP contribution in [0.1, 0.15) is 92.4 Å². The Hall–Kier alpha value is -5.01. The van der Waals surface area contributed by atoms with E-state index in [0.29, 0.717) is 59.6 Å². The van der Waals surface area contributed by atoms with Gasteiger partial charge in [0.25, 0.3) is 0 Å². The number of thiazole rings is 1. The normalized spacial score (nSPS) is 25.9. The number of aromatic nitrogens is 2. The average Bonchev–Trinajstić information content (AvgIpc) is 3.49. The van der Waals surface area contributed by atoms with E-state index in [0.717, 1.165) is 24.4 Å². The average molecular weight is 923 g/mol. The number of hydrogen-bond acceptors (Lipinski definition) is 12. The fourth-order valence-corrected chi connectivity index (χ4v) is 11.2. The number of carbonyl (C=O) groups is 4. The summed E-state index contributed by atoms with van der Waals surface area (Å²) >= 11 is 1.45. The molecule has 1 unspecified atom stereocenters. The smallest absolute Gasteiger partial charge is 0.330 e. The lowest BCUT2D eigenvalue weighted by Crippen LogP contribution is -2.59. The molecule has 17 nitrogen and oxygen atoms in total. The van der Waals surface area contributed by atoms with Gasteiger partial charge in [0, 0.05) is 60.4 Å². The van der Waals surface area contributed by atoms with Gasteiger partial charge in [-0.05, 0) is 69.9 Å². The number of benzene rings is 1. The Labute approximate surface area is 379 Å². The van der Waals surface area contributed by atoms with Crippen LogP contribution in [0.3, 0.4) is 0 Å². The van der Waals surface area contributed by atoms with Gasteiger partial charge >= 0.3 is 12.0 Å². The third-order valence-corrected chi connectivity index (χ3v) is 15.3. The first-order chi connectivity index (χ1) is 30.4. The van der Waals surface area contributed by atoms with Crippen LogP contribution >= 0.6 is 11.3 Å². The number of anilines is 1. The summed E-state index contributed by atoms with van der Waals surface area (Å²) in [4.78, 5) is 67.1. The van der Waals surface area contributed by atoms with E-state index in [4.69, 9.17) is 19.4 Å². The third-order valence-electron chi connectivity index (χ3n) is 12.6. The van der Waals surface area contributed by atoms with Crippen molar-refractivity contribution >= 4 is 61.2 Å². The number of amides is 4. The highest BCUT2D eigenvalue weighted by atomic mass is 32.2. The highest BCUT2D eigenvalue weighted by molar-refractivity contribution is 7.89. The zero-order valence-electron chi connectivity index (χ0n) is 37.5. The molecule has 0 spiro atoms. The molecule has 3 aromatic rings. The second-order valence-corrected chi connectivity index (χ2v) is 21.8. The zero-order chi connectivity index (χ0) is 46.0. The number of pyridine rings is 1. The van der Waals surface area contributed by atoms with Gasteiger partial charge in [0.05, 0.1) is 30.6 Å². The van der Waals surface area contributed by atoms with Gasteiger partial charge in [-0.15, -0.1) is 11.3 Å². The predicted octanol–water partition coefficient (Wildman–Crippen LogP) is 5.52. The lowest BCUT2D eigenvalue weighted by atomic mass is 9.86. The fourth-order valence-electron chi connectivity index (χ4n) is 8.71. The van der Waals surface area contributed by atoms with Crippen molar-refractivity contribution in [1.29, 1.82) is 0 Å². The number of aliphatic carboxylic acids is 1. The molecule has 7 rings (SSSR count). The van der Waals surface area contributed by atoms with Crippen molar-refractivity contribution in [3.63, 3.8) is 0 Å². The van der Waals surface area contributed by atoms with Gasteiger partial charge in [-0.3, -0.25) is 9.59 Å². The first kappa shape index (κ1) is 47.0. The number of nitrogens with zero attached hydrogens (tertiary/aromatic N) is 4.